The fraction of sp³-hybridized carbons (Fsp3) is 0.767. The number of esters is 1. The maximum absolute atomic E-state index is 12.1. The van der Waals surface area contributed by atoms with Gasteiger partial charge in [-0.25, -0.2) is 4.79 Å². The molecule has 0 atom stereocenters. The quantitative estimate of drug-likeness (QED) is 0.0767. The highest BCUT2D eigenvalue weighted by Crippen LogP contribution is 2.11. The van der Waals surface area contributed by atoms with Crippen LogP contribution in [0.25, 0.3) is 0 Å². The van der Waals surface area contributed by atoms with Crippen molar-refractivity contribution >= 4 is 20.0 Å². The number of rotatable bonds is 30. The number of anilines is 1. The summed E-state index contributed by atoms with van der Waals surface area (Å²) >= 11 is 0. The molecule has 0 spiro atoms. The molecule has 0 heterocycles. The normalized spacial score (nSPS) is 11.6. The van der Waals surface area contributed by atoms with Gasteiger partial charge in [0.25, 0.3) is 0 Å². The Morgan fingerprint density at radius 1 is 0.595 bits per heavy atom. The van der Waals surface area contributed by atoms with Crippen molar-refractivity contribution in [1.82, 2.24) is 0 Å². The van der Waals surface area contributed by atoms with Crippen LogP contribution in [-0.4, -0.2) is 127 Å². The van der Waals surface area contributed by atoms with E-state index < -0.39 is 8.32 Å². The van der Waals surface area contributed by atoms with E-state index in [1.54, 1.807) is 12.1 Å². The van der Waals surface area contributed by atoms with E-state index in [9.17, 15) is 4.79 Å². The maximum Gasteiger partial charge on any atom is 0.338 e. The van der Waals surface area contributed by atoms with Crippen molar-refractivity contribution < 1.29 is 47.1 Å². The van der Waals surface area contributed by atoms with Gasteiger partial charge in [0.05, 0.1) is 105 Å². The summed E-state index contributed by atoms with van der Waals surface area (Å²) < 4.78 is 49.2. The molecule has 42 heavy (non-hydrogen) atoms. The van der Waals surface area contributed by atoms with Crippen LogP contribution in [0.5, 0.6) is 0 Å². The van der Waals surface area contributed by atoms with Gasteiger partial charge in [-0.15, -0.1) is 0 Å². The lowest BCUT2D eigenvalue weighted by Gasteiger charge is -2.16. The van der Waals surface area contributed by atoms with Gasteiger partial charge in [0.2, 0.25) is 0 Å². The van der Waals surface area contributed by atoms with Crippen LogP contribution in [0.15, 0.2) is 24.3 Å². The predicted octanol–water partition coefficient (Wildman–Crippen LogP) is 4.02. The van der Waals surface area contributed by atoms with E-state index in [4.69, 9.17) is 42.3 Å². The fourth-order valence-corrected chi connectivity index (χ4v) is 3.93. The van der Waals surface area contributed by atoms with Crippen LogP contribution in [0, 0.1) is 0 Å². The molecular formula is C30H55NO10Si. The Labute approximate surface area is 253 Å². The molecule has 0 aromatic heterocycles. The second kappa shape index (κ2) is 27.0. The van der Waals surface area contributed by atoms with Gasteiger partial charge in [0.1, 0.15) is 6.61 Å². The van der Waals surface area contributed by atoms with Crippen molar-refractivity contribution in [1.29, 1.82) is 0 Å². The van der Waals surface area contributed by atoms with Gasteiger partial charge in [-0.1, -0.05) is 13.3 Å². The van der Waals surface area contributed by atoms with Crippen LogP contribution in [0.1, 0.15) is 30.1 Å². The first-order chi connectivity index (χ1) is 20.4. The zero-order valence-electron chi connectivity index (χ0n) is 26.3. The Morgan fingerprint density at radius 3 is 1.36 bits per heavy atom. The zero-order valence-corrected chi connectivity index (χ0v) is 27.3. The number of ether oxygens (including phenoxy) is 8. The first-order valence-corrected chi connectivity index (χ1v) is 18.5. The molecule has 0 aliphatic rings. The average Bonchev–Trinajstić information content (AvgIpc) is 2.97. The van der Waals surface area contributed by atoms with Crippen LogP contribution in [0.3, 0.4) is 0 Å². The molecule has 0 saturated carbocycles. The van der Waals surface area contributed by atoms with Crippen molar-refractivity contribution in [2.24, 2.45) is 0 Å². The number of carbonyl (C=O) groups is 1. The molecule has 0 radical (unpaired) electrons. The molecule has 0 saturated heterocycles. The van der Waals surface area contributed by atoms with E-state index >= 15 is 0 Å². The van der Waals surface area contributed by atoms with Gasteiger partial charge in [-0.2, -0.15) is 0 Å². The molecule has 1 rings (SSSR count). The molecule has 0 fully saturated rings. The van der Waals surface area contributed by atoms with Crippen LogP contribution >= 0.6 is 0 Å². The average molecular weight is 618 g/mol. The van der Waals surface area contributed by atoms with Gasteiger partial charge in [0.15, 0.2) is 8.32 Å². The van der Waals surface area contributed by atoms with Crippen LogP contribution in [0.2, 0.25) is 19.6 Å². The summed E-state index contributed by atoms with van der Waals surface area (Å²) in [5.41, 5.74) is 1.52. The molecule has 11 nitrogen and oxygen atoms in total. The highest BCUT2D eigenvalue weighted by Gasteiger charge is 2.13. The van der Waals surface area contributed by atoms with Crippen LogP contribution in [0.4, 0.5) is 5.69 Å². The molecule has 1 aromatic rings. The minimum absolute atomic E-state index is 0.197. The van der Waals surface area contributed by atoms with Crippen molar-refractivity contribution in [3.05, 3.63) is 29.8 Å². The Bertz CT molecular complexity index is 749. The maximum atomic E-state index is 12.1. The third-order valence-electron chi connectivity index (χ3n) is 5.44. The van der Waals surface area contributed by atoms with Crippen LogP contribution in [-0.2, 0) is 42.3 Å². The molecule has 1 aromatic carbocycles. The summed E-state index contributed by atoms with van der Waals surface area (Å²) in [4.78, 5) is 12.1. The standard InChI is InChI=1S/C30H55NO10Si/c1-5-6-11-31-29-9-7-28(8-10-29)30(32)40-26-24-38-22-20-36-18-16-34-14-12-33-13-15-35-17-19-37-21-23-39-25-27-41-42(2,3)4/h7-10,31H,5-6,11-27H2,1-4H3. The number of hydrogen-bond acceptors (Lipinski definition) is 11. The number of hydrogen-bond donors (Lipinski definition) is 1. The Balaban J connectivity index is 1.75. The zero-order chi connectivity index (χ0) is 30.6. The Morgan fingerprint density at radius 2 is 0.976 bits per heavy atom. The molecule has 244 valence electrons. The third-order valence-corrected chi connectivity index (χ3v) is 6.51. The highest BCUT2D eigenvalue weighted by atomic mass is 28.4. The summed E-state index contributed by atoms with van der Waals surface area (Å²) in [5.74, 6) is -0.356. The number of carbonyl (C=O) groups excluding carboxylic acids is 1. The van der Waals surface area contributed by atoms with Gasteiger partial charge in [0, 0.05) is 12.2 Å². The van der Waals surface area contributed by atoms with Crippen molar-refractivity contribution in [3.8, 4) is 0 Å². The van der Waals surface area contributed by atoms with Gasteiger partial charge < -0.3 is 47.6 Å². The molecule has 0 aliphatic heterocycles. The molecular weight excluding hydrogens is 562 g/mol. The smallest absolute Gasteiger partial charge is 0.338 e. The second-order valence-electron chi connectivity index (χ2n) is 10.2. The fourth-order valence-electron chi connectivity index (χ4n) is 3.24. The summed E-state index contributed by atoms with van der Waals surface area (Å²) in [5, 5.41) is 3.32. The lowest BCUT2D eigenvalue weighted by Crippen LogP contribution is -2.27. The Kier molecular flexibility index (Phi) is 24.7. The van der Waals surface area contributed by atoms with E-state index in [1.807, 2.05) is 12.1 Å². The van der Waals surface area contributed by atoms with E-state index in [1.165, 1.54) is 0 Å². The van der Waals surface area contributed by atoms with E-state index in [-0.39, 0.29) is 12.6 Å². The van der Waals surface area contributed by atoms with Crippen molar-refractivity contribution in [3.63, 3.8) is 0 Å². The van der Waals surface area contributed by atoms with E-state index in [2.05, 4.69) is 31.9 Å². The van der Waals surface area contributed by atoms with Gasteiger partial charge in [-0.05, 0) is 50.3 Å². The van der Waals surface area contributed by atoms with E-state index in [0.717, 1.165) is 25.1 Å². The molecule has 0 bridgehead atoms. The topological polar surface area (TPSA) is 112 Å². The minimum atomic E-state index is -1.45. The third kappa shape index (κ3) is 24.9. The van der Waals surface area contributed by atoms with Gasteiger partial charge >= 0.3 is 5.97 Å². The summed E-state index contributed by atoms with van der Waals surface area (Å²) in [6.07, 6.45) is 2.25. The first kappa shape index (κ1) is 38.4. The summed E-state index contributed by atoms with van der Waals surface area (Å²) in [7, 11) is -1.45. The summed E-state index contributed by atoms with van der Waals surface area (Å²) in [6, 6.07) is 7.30. The van der Waals surface area contributed by atoms with Crippen LogP contribution < -0.4 is 5.32 Å². The van der Waals surface area contributed by atoms with Gasteiger partial charge in [-0.3, -0.25) is 0 Å². The molecule has 0 aliphatic carbocycles. The SMILES string of the molecule is CCCCNc1ccc(C(=O)OCCOCCOCCOCCOCCOCCOCCOCCO[Si](C)(C)C)cc1. The Hall–Kier alpha value is -1.61. The predicted molar refractivity (Wildman–Crippen MR) is 165 cm³/mol. The van der Waals surface area contributed by atoms with Crippen molar-refractivity contribution in [2.75, 3.05) is 118 Å². The minimum Gasteiger partial charge on any atom is -0.460 e. The molecule has 12 heteroatoms. The second-order valence-corrected chi connectivity index (χ2v) is 14.8. The van der Waals surface area contributed by atoms with E-state index in [0.29, 0.717) is 105 Å². The monoisotopic (exact) mass is 617 g/mol. The van der Waals surface area contributed by atoms with Crippen molar-refractivity contribution in [2.45, 2.75) is 39.4 Å². The molecule has 0 amide bonds. The lowest BCUT2D eigenvalue weighted by molar-refractivity contribution is -0.0229. The first-order valence-electron chi connectivity index (χ1n) is 15.1. The largest absolute Gasteiger partial charge is 0.460 e. The summed E-state index contributed by atoms with van der Waals surface area (Å²) in [6.45, 7) is 17.3. The lowest BCUT2D eigenvalue weighted by atomic mass is 10.2. The number of nitrogens with one attached hydrogen (secondary N) is 1. The highest BCUT2D eigenvalue weighted by molar-refractivity contribution is 6.69. The molecule has 1 N–H and O–H groups in total. The molecule has 0 unspecified atom stereocenters. The number of unbranched alkanes of at least 4 members (excludes halogenated alkanes) is 1. The number of benzene rings is 1.